The van der Waals surface area contributed by atoms with Gasteiger partial charge in [-0.1, -0.05) is 20.8 Å². The van der Waals surface area contributed by atoms with Crippen molar-refractivity contribution in [3.63, 3.8) is 0 Å². The average Bonchev–Trinajstić information content (AvgIpc) is 2.12. The molecule has 0 radical (unpaired) electrons. The minimum Gasteiger partial charge on any atom is -0.417 e. The molecule has 0 aromatic carbocycles. The molecule has 1 saturated carbocycles. The van der Waals surface area contributed by atoms with E-state index in [9.17, 15) is 8.42 Å². The molecule has 0 bridgehead atoms. The van der Waals surface area contributed by atoms with Gasteiger partial charge in [-0.2, -0.15) is 8.42 Å². The molecule has 0 aliphatic heterocycles. The summed E-state index contributed by atoms with van der Waals surface area (Å²) in [5.74, 6) is 0.787. The van der Waals surface area contributed by atoms with Crippen LogP contribution in [0, 0.1) is 11.8 Å². The minimum absolute atomic E-state index is 0.218. The second kappa shape index (κ2) is 5.83. The molecule has 0 heterocycles. The van der Waals surface area contributed by atoms with E-state index < -0.39 is 18.4 Å². The van der Waals surface area contributed by atoms with Crippen LogP contribution in [0.25, 0.3) is 0 Å². The Morgan fingerprint density at radius 2 is 1.58 bits per heavy atom. The van der Waals surface area contributed by atoms with Crippen molar-refractivity contribution >= 4 is 18.4 Å². The summed E-state index contributed by atoms with van der Waals surface area (Å²) >= 11 is 0. The molecule has 0 N–H and O–H groups in total. The van der Waals surface area contributed by atoms with Crippen LogP contribution in [0.1, 0.15) is 33.6 Å². The number of rotatable bonds is 6. The van der Waals surface area contributed by atoms with E-state index in [4.69, 9.17) is 8.61 Å². The van der Waals surface area contributed by atoms with E-state index >= 15 is 0 Å². The molecule has 1 rings (SSSR count). The van der Waals surface area contributed by atoms with E-state index in [1.165, 1.54) is 0 Å². The average molecular weight is 309 g/mol. The lowest BCUT2D eigenvalue weighted by Crippen LogP contribution is -2.44. The van der Waals surface area contributed by atoms with Crippen molar-refractivity contribution in [3.8, 4) is 0 Å². The van der Waals surface area contributed by atoms with E-state index in [1.54, 1.807) is 0 Å². The zero-order valence-corrected chi connectivity index (χ0v) is 14.8. The van der Waals surface area contributed by atoms with Gasteiger partial charge in [-0.05, 0) is 42.8 Å². The second-order valence-corrected chi connectivity index (χ2v) is 13.6. The van der Waals surface area contributed by atoms with Gasteiger partial charge in [-0.3, -0.25) is 4.18 Å². The van der Waals surface area contributed by atoms with Crippen molar-refractivity contribution in [1.29, 1.82) is 0 Å². The number of hydrogen-bond donors (Lipinski definition) is 0. The summed E-state index contributed by atoms with van der Waals surface area (Å²) in [4.78, 5) is 0. The van der Waals surface area contributed by atoms with E-state index in [2.05, 4.69) is 33.9 Å². The largest absolute Gasteiger partial charge is 0.417 e. The summed E-state index contributed by atoms with van der Waals surface area (Å²) in [6, 6.07) is 0. The van der Waals surface area contributed by atoms with Gasteiger partial charge in [0.05, 0.1) is 12.9 Å². The quantitative estimate of drug-likeness (QED) is 0.559. The highest BCUT2D eigenvalue weighted by atomic mass is 32.2. The zero-order valence-electron chi connectivity index (χ0n) is 13.0. The molecule has 0 aromatic heterocycles. The van der Waals surface area contributed by atoms with Crippen molar-refractivity contribution in [2.75, 3.05) is 19.5 Å². The maximum Gasteiger partial charge on any atom is 0.264 e. The van der Waals surface area contributed by atoms with Gasteiger partial charge in [0.1, 0.15) is 0 Å². The molecule has 6 heteroatoms. The Kier molecular flexibility index (Phi) is 5.26. The molecule has 2 atom stereocenters. The molecule has 0 amide bonds. The summed E-state index contributed by atoms with van der Waals surface area (Å²) in [5, 5.41) is 0.218. The van der Waals surface area contributed by atoms with Gasteiger partial charge in [-0.25, -0.2) is 0 Å². The third-order valence-electron chi connectivity index (χ3n) is 4.54. The third-order valence-corrected chi connectivity index (χ3v) is 9.60. The van der Waals surface area contributed by atoms with E-state index in [0.29, 0.717) is 18.4 Å². The normalized spacial score (nSPS) is 25.2. The van der Waals surface area contributed by atoms with Crippen LogP contribution in [-0.2, 0) is 18.7 Å². The molecule has 1 aliphatic rings. The Morgan fingerprint density at radius 1 is 1.11 bits per heavy atom. The maximum absolute atomic E-state index is 11.0. The lowest BCUT2D eigenvalue weighted by atomic mass is 9.75. The highest BCUT2D eigenvalue weighted by Gasteiger charge is 2.39. The van der Waals surface area contributed by atoms with Gasteiger partial charge in [0.25, 0.3) is 10.1 Å². The lowest BCUT2D eigenvalue weighted by molar-refractivity contribution is 0.0602. The molecule has 0 saturated heterocycles. The molecule has 0 aromatic rings. The van der Waals surface area contributed by atoms with Crippen LogP contribution in [0.5, 0.6) is 0 Å². The SMILES string of the molecule is CC(C)(C)[Si](C)(C)OC[C@H]1CC[C@@H]1COS(C)(=O)=O. The number of hydrogen-bond acceptors (Lipinski definition) is 4. The third kappa shape index (κ3) is 5.17. The van der Waals surface area contributed by atoms with Crippen LogP contribution in [-0.4, -0.2) is 36.2 Å². The Balaban J connectivity index is 2.39. The summed E-state index contributed by atoms with van der Waals surface area (Å²) < 4.78 is 33.1. The molecule has 1 aliphatic carbocycles. The molecule has 114 valence electrons. The minimum atomic E-state index is -3.32. The highest BCUT2D eigenvalue weighted by molar-refractivity contribution is 7.85. The Labute approximate surface area is 119 Å². The summed E-state index contributed by atoms with van der Waals surface area (Å²) in [6.07, 6.45) is 3.26. The van der Waals surface area contributed by atoms with Gasteiger partial charge >= 0.3 is 0 Å². The smallest absolute Gasteiger partial charge is 0.264 e. The van der Waals surface area contributed by atoms with Crippen LogP contribution in [0.15, 0.2) is 0 Å². The standard InChI is InChI=1S/C13H28O4SSi/c1-13(2,3)19(5,6)17-10-12-8-7-11(12)9-16-18(4,14)15/h11-12H,7-10H2,1-6H3/t11-,12-/m1/s1. The molecule has 0 unspecified atom stereocenters. The molecule has 19 heavy (non-hydrogen) atoms. The van der Waals surface area contributed by atoms with E-state index in [0.717, 1.165) is 25.7 Å². The molecular formula is C13H28O4SSi. The van der Waals surface area contributed by atoms with E-state index in [-0.39, 0.29) is 5.04 Å². The molecule has 1 fully saturated rings. The highest BCUT2D eigenvalue weighted by Crippen LogP contribution is 2.40. The van der Waals surface area contributed by atoms with Crippen LogP contribution in [0.2, 0.25) is 18.1 Å². The topological polar surface area (TPSA) is 52.6 Å². The summed E-state index contributed by atoms with van der Waals surface area (Å²) in [6.45, 7) is 12.2. The second-order valence-electron chi connectivity index (χ2n) is 7.16. The van der Waals surface area contributed by atoms with Crippen LogP contribution >= 0.6 is 0 Å². The Bertz CT molecular complexity index is 397. The first kappa shape index (κ1) is 17.1. The molecule has 0 spiro atoms. The van der Waals surface area contributed by atoms with Crippen molar-refractivity contribution < 1.29 is 17.0 Å². The van der Waals surface area contributed by atoms with Crippen molar-refractivity contribution in [3.05, 3.63) is 0 Å². The predicted octanol–water partition coefficient (Wildman–Crippen LogP) is 3.01. The van der Waals surface area contributed by atoms with Crippen molar-refractivity contribution in [2.24, 2.45) is 11.8 Å². The van der Waals surface area contributed by atoms with Crippen LogP contribution < -0.4 is 0 Å². The van der Waals surface area contributed by atoms with E-state index in [1.807, 2.05) is 0 Å². The fourth-order valence-electron chi connectivity index (χ4n) is 1.82. The monoisotopic (exact) mass is 308 g/mol. The van der Waals surface area contributed by atoms with Gasteiger partial charge in [0, 0.05) is 6.61 Å². The fourth-order valence-corrected chi connectivity index (χ4v) is 3.31. The van der Waals surface area contributed by atoms with Gasteiger partial charge in [0.15, 0.2) is 8.32 Å². The van der Waals surface area contributed by atoms with Gasteiger partial charge < -0.3 is 4.43 Å². The fraction of sp³-hybridized carbons (Fsp3) is 1.00. The summed E-state index contributed by atoms with van der Waals surface area (Å²) in [7, 11) is -5.02. The summed E-state index contributed by atoms with van der Waals surface area (Å²) in [5.41, 5.74) is 0. The van der Waals surface area contributed by atoms with Crippen LogP contribution in [0.3, 0.4) is 0 Å². The molecular weight excluding hydrogens is 280 g/mol. The zero-order chi connectivity index (χ0) is 14.9. The lowest BCUT2D eigenvalue weighted by Gasteiger charge is -2.41. The first-order chi connectivity index (χ1) is 8.42. The Hall–Kier alpha value is 0.0869. The predicted molar refractivity (Wildman–Crippen MR) is 80.2 cm³/mol. The van der Waals surface area contributed by atoms with Crippen LogP contribution in [0.4, 0.5) is 0 Å². The van der Waals surface area contributed by atoms with Gasteiger partial charge in [0.2, 0.25) is 0 Å². The Morgan fingerprint density at radius 3 is 1.95 bits per heavy atom. The van der Waals surface area contributed by atoms with Crippen molar-refractivity contribution in [1.82, 2.24) is 0 Å². The van der Waals surface area contributed by atoms with Gasteiger partial charge in [-0.15, -0.1) is 0 Å². The molecule has 4 nitrogen and oxygen atoms in total. The maximum atomic E-state index is 11.0. The van der Waals surface area contributed by atoms with Crippen molar-refractivity contribution in [2.45, 2.75) is 51.7 Å². The first-order valence-electron chi connectivity index (χ1n) is 6.91. The first-order valence-corrected chi connectivity index (χ1v) is 11.6.